The molecule has 0 saturated carbocycles. The summed E-state index contributed by atoms with van der Waals surface area (Å²) in [6, 6.07) is 4.00. The number of halogens is 1. The average Bonchev–Trinajstić information content (AvgIpc) is 2.80. The number of aromatic nitrogens is 1. The number of piperidine rings is 1. The highest BCUT2D eigenvalue weighted by Gasteiger charge is 2.22. The van der Waals surface area contributed by atoms with Gasteiger partial charge in [-0.05, 0) is 55.6 Å². The molecular formula is C17H22BrN5OS. The molecule has 1 aliphatic rings. The second-order valence-electron chi connectivity index (χ2n) is 6.70. The smallest absolute Gasteiger partial charge is 0.221 e. The summed E-state index contributed by atoms with van der Waals surface area (Å²) < 4.78 is 2.84. The van der Waals surface area contributed by atoms with Crippen molar-refractivity contribution in [2.75, 3.05) is 13.1 Å². The molecule has 0 radical (unpaired) electrons. The molecule has 1 aromatic carbocycles. The quantitative estimate of drug-likeness (QED) is 0.564. The van der Waals surface area contributed by atoms with E-state index >= 15 is 0 Å². The fourth-order valence-corrected chi connectivity index (χ4v) is 3.57. The van der Waals surface area contributed by atoms with Crippen LogP contribution >= 0.6 is 28.1 Å². The summed E-state index contributed by atoms with van der Waals surface area (Å²) in [5.74, 6) is 0.852. The predicted molar refractivity (Wildman–Crippen MR) is 107 cm³/mol. The van der Waals surface area contributed by atoms with Gasteiger partial charge in [0.05, 0.1) is 12.2 Å². The maximum Gasteiger partial charge on any atom is 0.221 e. The molecule has 3 rings (SSSR count). The van der Waals surface area contributed by atoms with Gasteiger partial charge in [0.2, 0.25) is 11.0 Å². The molecule has 3 N–H and O–H groups in total. The van der Waals surface area contributed by atoms with Gasteiger partial charge >= 0.3 is 0 Å². The number of nitrogens with two attached hydrogens (primary N) is 1. The summed E-state index contributed by atoms with van der Waals surface area (Å²) in [4.78, 5) is 2.35. The summed E-state index contributed by atoms with van der Waals surface area (Å²) >= 11 is 8.31. The molecule has 25 heavy (non-hydrogen) atoms. The molecule has 0 bridgehead atoms. The normalized spacial score (nSPS) is 16.9. The van der Waals surface area contributed by atoms with E-state index in [1.54, 1.807) is 0 Å². The molecule has 1 fully saturated rings. The van der Waals surface area contributed by atoms with Gasteiger partial charge < -0.3 is 10.8 Å². The maximum atomic E-state index is 10.8. The van der Waals surface area contributed by atoms with Gasteiger partial charge in [-0.15, -0.1) is 10.2 Å². The van der Waals surface area contributed by atoms with Crippen LogP contribution in [-0.2, 0) is 6.67 Å². The van der Waals surface area contributed by atoms with E-state index in [0.29, 0.717) is 12.4 Å². The molecule has 134 valence electrons. The van der Waals surface area contributed by atoms with Gasteiger partial charge in [0, 0.05) is 22.9 Å². The Kier molecular flexibility index (Phi) is 5.41. The lowest BCUT2D eigenvalue weighted by Gasteiger charge is -2.30. The van der Waals surface area contributed by atoms with Crippen LogP contribution in [0.2, 0.25) is 0 Å². The van der Waals surface area contributed by atoms with Crippen molar-refractivity contribution in [1.82, 2.24) is 9.47 Å². The standard InChI is InChI=1S/C17H22BrN5OS/c1-10-3-5-22(6-4-10)9-23-14-7-11(2)13(18)8-12(14)15(16(23)24)20-21-17(19)25/h7-8,10,24H,3-6,9H2,1-2H3,(H2,19,25). The summed E-state index contributed by atoms with van der Waals surface area (Å²) in [5, 5.41) is 19.4. The van der Waals surface area contributed by atoms with E-state index in [2.05, 4.69) is 38.0 Å². The van der Waals surface area contributed by atoms with Crippen molar-refractivity contribution in [2.45, 2.75) is 33.4 Å². The van der Waals surface area contributed by atoms with Crippen molar-refractivity contribution in [2.24, 2.45) is 21.9 Å². The minimum Gasteiger partial charge on any atom is -0.493 e. The first-order valence-corrected chi connectivity index (χ1v) is 9.51. The third kappa shape index (κ3) is 3.86. The number of benzene rings is 1. The number of aryl methyl sites for hydroxylation is 1. The summed E-state index contributed by atoms with van der Waals surface area (Å²) in [6.45, 7) is 6.99. The number of likely N-dealkylation sites (tertiary alicyclic amines) is 1. The molecule has 2 heterocycles. The van der Waals surface area contributed by atoms with Crippen LogP contribution in [0.3, 0.4) is 0 Å². The third-order valence-electron chi connectivity index (χ3n) is 4.76. The lowest BCUT2D eigenvalue weighted by Crippen LogP contribution is -2.34. The Morgan fingerprint density at radius 1 is 1.40 bits per heavy atom. The minimum atomic E-state index is -0.0588. The Hall–Kier alpha value is -1.51. The van der Waals surface area contributed by atoms with E-state index < -0.39 is 0 Å². The van der Waals surface area contributed by atoms with E-state index in [9.17, 15) is 5.11 Å². The van der Waals surface area contributed by atoms with Gasteiger partial charge in [-0.3, -0.25) is 9.47 Å². The molecular weight excluding hydrogens is 402 g/mol. The summed E-state index contributed by atoms with van der Waals surface area (Å²) in [6.07, 6.45) is 2.36. The fourth-order valence-electron chi connectivity index (χ4n) is 3.19. The minimum absolute atomic E-state index is 0.0588. The molecule has 0 atom stereocenters. The van der Waals surface area contributed by atoms with Crippen molar-refractivity contribution in [1.29, 1.82) is 0 Å². The molecule has 2 aromatic rings. The van der Waals surface area contributed by atoms with Crippen molar-refractivity contribution >= 4 is 49.9 Å². The highest BCUT2D eigenvalue weighted by atomic mass is 79.9. The first-order valence-electron chi connectivity index (χ1n) is 8.31. The highest BCUT2D eigenvalue weighted by Crippen LogP contribution is 2.41. The topological polar surface area (TPSA) is 79.1 Å². The number of nitrogens with zero attached hydrogens (tertiary/aromatic N) is 4. The van der Waals surface area contributed by atoms with Crippen LogP contribution in [0, 0.1) is 12.8 Å². The van der Waals surface area contributed by atoms with Gasteiger partial charge in [0.25, 0.3) is 0 Å². The van der Waals surface area contributed by atoms with E-state index in [0.717, 1.165) is 39.9 Å². The van der Waals surface area contributed by atoms with E-state index in [1.807, 2.05) is 23.6 Å². The van der Waals surface area contributed by atoms with Crippen LogP contribution in [0.25, 0.3) is 10.9 Å². The number of rotatable bonds is 3. The van der Waals surface area contributed by atoms with Crippen LogP contribution in [0.1, 0.15) is 25.3 Å². The number of hydrogen-bond donors (Lipinski definition) is 2. The van der Waals surface area contributed by atoms with Crippen LogP contribution in [-0.4, -0.2) is 32.8 Å². The number of aromatic hydroxyl groups is 1. The third-order valence-corrected chi connectivity index (χ3v) is 5.69. The second-order valence-corrected chi connectivity index (χ2v) is 7.97. The van der Waals surface area contributed by atoms with Gasteiger partial charge in [0.1, 0.15) is 0 Å². The summed E-state index contributed by atoms with van der Waals surface area (Å²) in [7, 11) is 0. The number of fused-ring (bicyclic) bond motifs is 1. The van der Waals surface area contributed by atoms with Crippen LogP contribution in [0.15, 0.2) is 26.8 Å². The van der Waals surface area contributed by atoms with Gasteiger partial charge in [-0.25, -0.2) is 0 Å². The van der Waals surface area contributed by atoms with Crippen LogP contribution < -0.4 is 5.73 Å². The first kappa shape index (κ1) is 18.3. The number of hydrogen-bond acceptors (Lipinski definition) is 4. The Bertz CT molecular complexity index is 839. The lowest BCUT2D eigenvalue weighted by atomic mass is 10.00. The van der Waals surface area contributed by atoms with E-state index in [4.69, 9.17) is 18.0 Å². The molecule has 0 spiro atoms. The Morgan fingerprint density at radius 3 is 2.72 bits per heavy atom. The zero-order valence-corrected chi connectivity index (χ0v) is 16.8. The molecule has 6 nitrogen and oxygen atoms in total. The average molecular weight is 424 g/mol. The maximum absolute atomic E-state index is 10.8. The zero-order valence-electron chi connectivity index (χ0n) is 14.4. The van der Waals surface area contributed by atoms with Gasteiger partial charge in [0.15, 0.2) is 5.69 Å². The van der Waals surface area contributed by atoms with E-state index in [-0.39, 0.29) is 11.0 Å². The largest absolute Gasteiger partial charge is 0.493 e. The first-order chi connectivity index (χ1) is 11.9. The van der Waals surface area contributed by atoms with Crippen molar-refractivity contribution in [3.05, 3.63) is 22.2 Å². The van der Waals surface area contributed by atoms with Crippen molar-refractivity contribution in [3.8, 4) is 5.88 Å². The SMILES string of the molecule is Cc1cc2c(cc1Br)c(N=NC(N)=S)c(O)n2CN1CCC(C)CC1. The number of thiocarbonyl (C=S) groups is 1. The van der Waals surface area contributed by atoms with Crippen molar-refractivity contribution in [3.63, 3.8) is 0 Å². The Balaban J connectivity index is 2.06. The molecule has 1 aromatic heterocycles. The zero-order chi connectivity index (χ0) is 18.1. The molecule has 0 aliphatic carbocycles. The molecule has 1 aliphatic heterocycles. The van der Waals surface area contributed by atoms with Crippen LogP contribution in [0.4, 0.5) is 5.69 Å². The lowest BCUT2D eigenvalue weighted by molar-refractivity contribution is 0.151. The molecule has 0 amide bonds. The highest BCUT2D eigenvalue weighted by molar-refractivity contribution is 9.10. The monoisotopic (exact) mass is 423 g/mol. The van der Waals surface area contributed by atoms with Gasteiger partial charge in [-0.1, -0.05) is 22.9 Å². The molecule has 1 saturated heterocycles. The second kappa shape index (κ2) is 7.39. The Morgan fingerprint density at radius 2 is 2.08 bits per heavy atom. The fraction of sp³-hybridized carbons (Fsp3) is 0.471. The number of azo groups is 1. The van der Waals surface area contributed by atoms with E-state index in [1.165, 1.54) is 12.8 Å². The predicted octanol–water partition coefficient (Wildman–Crippen LogP) is 4.43. The Labute approximate surface area is 160 Å². The van der Waals surface area contributed by atoms with Crippen molar-refractivity contribution < 1.29 is 5.11 Å². The summed E-state index contributed by atoms with van der Waals surface area (Å²) in [5.41, 5.74) is 7.84. The molecule has 0 unspecified atom stereocenters. The van der Waals surface area contributed by atoms with Crippen LogP contribution in [0.5, 0.6) is 5.88 Å². The van der Waals surface area contributed by atoms with Gasteiger partial charge in [-0.2, -0.15) is 0 Å². The molecule has 8 heteroatoms.